The number of halogens is 1. The Bertz CT molecular complexity index is 554. The van der Waals surface area contributed by atoms with Crippen molar-refractivity contribution in [3.05, 3.63) is 24.0 Å². The number of nitrogens with zero attached hydrogens (tertiary/aromatic N) is 1. The Kier molecular flexibility index (Phi) is 4.07. The summed E-state index contributed by atoms with van der Waals surface area (Å²) in [4.78, 5) is -0.0373. The zero-order valence-corrected chi connectivity index (χ0v) is 11.5. The first kappa shape index (κ1) is 14.2. The van der Waals surface area contributed by atoms with E-state index in [4.69, 9.17) is 10.5 Å². The van der Waals surface area contributed by atoms with Gasteiger partial charge in [-0.1, -0.05) is 0 Å². The minimum absolute atomic E-state index is 0.0373. The van der Waals surface area contributed by atoms with Crippen molar-refractivity contribution in [3.8, 4) is 0 Å². The van der Waals surface area contributed by atoms with Crippen LogP contribution in [0.1, 0.15) is 12.8 Å². The predicted molar refractivity (Wildman–Crippen MR) is 69.6 cm³/mol. The van der Waals surface area contributed by atoms with Gasteiger partial charge in [0.1, 0.15) is 10.7 Å². The number of nitrogens with two attached hydrogens (primary N) is 1. The first-order valence-electron chi connectivity index (χ1n) is 6.03. The van der Waals surface area contributed by atoms with Gasteiger partial charge in [0.25, 0.3) is 0 Å². The number of methoxy groups -OCH3 is 1. The number of hydrogen-bond acceptors (Lipinski definition) is 4. The lowest BCUT2D eigenvalue weighted by Gasteiger charge is -2.30. The lowest BCUT2D eigenvalue weighted by Crippen LogP contribution is -2.40. The van der Waals surface area contributed by atoms with Gasteiger partial charge in [-0.3, -0.25) is 0 Å². The normalized spacial score (nSPS) is 18.6. The van der Waals surface area contributed by atoms with Gasteiger partial charge in [-0.25, -0.2) is 12.8 Å². The van der Waals surface area contributed by atoms with E-state index in [0.717, 1.165) is 12.1 Å². The summed E-state index contributed by atoms with van der Waals surface area (Å²) in [5, 5.41) is 0. The van der Waals surface area contributed by atoms with Gasteiger partial charge in [-0.05, 0) is 31.0 Å². The van der Waals surface area contributed by atoms with Crippen molar-refractivity contribution in [2.24, 2.45) is 0 Å². The molecule has 0 spiro atoms. The summed E-state index contributed by atoms with van der Waals surface area (Å²) in [6.07, 6.45) is 1.39. The molecular formula is C12H17FN2O3S. The highest BCUT2D eigenvalue weighted by atomic mass is 32.2. The average molecular weight is 288 g/mol. The molecule has 0 saturated carbocycles. The summed E-state index contributed by atoms with van der Waals surface area (Å²) in [7, 11) is -2.04. The molecule has 1 aromatic carbocycles. The van der Waals surface area contributed by atoms with Gasteiger partial charge >= 0.3 is 0 Å². The number of sulfonamides is 1. The summed E-state index contributed by atoms with van der Waals surface area (Å²) in [6, 6.07) is 3.34. The Morgan fingerprint density at radius 1 is 1.37 bits per heavy atom. The van der Waals surface area contributed by atoms with Crippen LogP contribution in [0.3, 0.4) is 0 Å². The Labute approximate surface area is 112 Å². The van der Waals surface area contributed by atoms with Crippen molar-refractivity contribution in [1.82, 2.24) is 4.31 Å². The van der Waals surface area contributed by atoms with Gasteiger partial charge in [0.15, 0.2) is 0 Å². The smallest absolute Gasteiger partial charge is 0.245 e. The third-order valence-corrected chi connectivity index (χ3v) is 5.30. The molecular weight excluding hydrogens is 271 g/mol. The number of anilines is 1. The number of rotatable bonds is 3. The summed E-state index contributed by atoms with van der Waals surface area (Å²) in [6.45, 7) is 0.773. The number of nitrogen functional groups attached to an aromatic ring is 1. The molecule has 5 nitrogen and oxygen atoms in total. The van der Waals surface area contributed by atoms with E-state index in [0.29, 0.717) is 25.9 Å². The highest BCUT2D eigenvalue weighted by Gasteiger charge is 2.30. The predicted octanol–water partition coefficient (Wildman–Crippen LogP) is 1.21. The summed E-state index contributed by atoms with van der Waals surface area (Å²) in [5.74, 6) is -0.547. The van der Waals surface area contributed by atoms with Crippen molar-refractivity contribution in [2.75, 3.05) is 25.9 Å². The Morgan fingerprint density at radius 2 is 2.00 bits per heavy atom. The fourth-order valence-electron chi connectivity index (χ4n) is 2.20. The molecule has 1 aromatic rings. The van der Waals surface area contributed by atoms with Crippen LogP contribution < -0.4 is 5.73 Å². The van der Waals surface area contributed by atoms with Crippen molar-refractivity contribution in [2.45, 2.75) is 23.8 Å². The van der Waals surface area contributed by atoms with Gasteiger partial charge in [0.05, 0.1) is 11.8 Å². The van der Waals surface area contributed by atoms with Crippen LogP contribution in [0, 0.1) is 5.82 Å². The van der Waals surface area contributed by atoms with Gasteiger partial charge < -0.3 is 10.5 Å². The second kappa shape index (κ2) is 5.44. The maximum Gasteiger partial charge on any atom is 0.245 e. The standard InChI is InChI=1S/C12H17FN2O3S/c1-18-10-4-6-15(7-5-10)19(16,17)12-3-2-9(13)8-11(12)14/h2-3,8,10H,4-7,14H2,1H3. The topological polar surface area (TPSA) is 72.6 Å². The van der Waals surface area contributed by atoms with Gasteiger partial charge in [0, 0.05) is 20.2 Å². The molecule has 0 amide bonds. The number of ether oxygens (including phenoxy) is 1. The number of hydrogen-bond donors (Lipinski definition) is 1. The first-order valence-corrected chi connectivity index (χ1v) is 7.47. The molecule has 1 aliphatic rings. The van der Waals surface area contributed by atoms with Gasteiger partial charge in [-0.15, -0.1) is 0 Å². The third kappa shape index (κ3) is 2.88. The third-order valence-electron chi connectivity index (χ3n) is 3.32. The lowest BCUT2D eigenvalue weighted by molar-refractivity contribution is 0.0604. The molecule has 7 heteroatoms. The maximum absolute atomic E-state index is 13.0. The van der Waals surface area contributed by atoms with Gasteiger partial charge in [-0.2, -0.15) is 4.31 Å². The second-order valence-corrected chi connectivity index (χ2v) is 6.43. The van der Waals surface area contributed by atoms with Crippen LogP contribution >= 0.6 is 0 Å². The minimum atomic E-state index is -3.66. The second-order valence-electron chi connectivity index (χ2n) is 4.52. The van der Waals surface area contributed by atoms with Crippen molar-refractivity contribution in [1.29, 1.82) is 0 Å². The van der Waals surface area contributed by atoms with E-state index >= 15 is 0 Å². The minimum Gasteiger partial charge on any atom is -0.398 e. The van der Waals surface area contributed by atoms with Crippen molar-refractivity contribution < 1.29 is 17.5 Å². The van der Waals surface area contributed by atoms with Gasteiger partial charge in [0.2, 0.25) is 10.0 Å². The van der Waals surface area contributed by atoms with Crippen molar-refractivity contribution in [3.63, 3.8) is 0 Å². The molecule has 1 aliphatic heterocycles. The van der Waals surface area contributed by atoms with E-state index < -0.39 is 15.8 Å². The number of piperidine rings is 1. The molecule has 19 heavy (non-hydrogen) atoms. The molecule has 0 unspecified atom stereocenters. The van der Waals surface area contributed by atoms with E-state index in [1.165, 1.54) is 10.4 Å². The average Bonchev–Trinajstić information content (AvgIpc) is 2.38. The fourth-order valence-corrected chi connectivity index (χ4v) is 3.77. The van der Waals surface area contributed by atoms with E-state index in [-0.39, 0.29) is 16.7 Å². The Balaban J connectivity index is 2.23. The zero-order valence-electron chi connectivity index (χ0n) is 10.7. The Hall–Kier alpha value is -1.18. The van der Waals surface area contributed by atoms with Crippen LogP contribution in [0.4, 0.5) is 10.1 Å². The highest BCUT2D eigenvalue weighted by Crippen LogP contribution is 2.26. The van der Waals surface area contributed by atoms with Crippen molar-refractivity contribution >= 4 is 15.7 Å². The molecule has 1 heterocycles. The molecule has 0 aromatic heterocycles. The molecule has 2 N–H and O–H groups in total. The maximum atomic E-state index is 13.0. The molecule has 0 aliphatic carbocycles. The highest BCUT2D eigenvalue weighted by molar-refractivity contribution is 7.89. The van der Waals surface area contributed by atoms with Crippen LogP contribution in [-0.2, 0) is 14.8 Å². The fraction of sp³-hybridized carbons (Fsp3) is 0.500. The zero-order chi connectivity index (χ0) is 14.0. The largest absolute Gasteiger partial charge is 0.398 e. The van der Waals surface area contributed by atoms with Crippen LogP contribution in [0.2, 0.25) is 0 Å². The van der Waals surface area contributed by atoms with Crippen LogP contribution in [-0.4, -0.2) is 39.0 Å². The van der Waals surface area contributed by atoms with E-state index in [1.54, 1.807) is 7.11 Å². The summed E-state index contributed by atoms with van der Waals surface area (Å²) < 4.78 is 44.3. The summed E-state index contributed by atoms with van der Waals surface area (Å²) >= 11 is 0. The van der Waals surface area contributed by atoms with E-state index in [2.05, 4.69) is 0 Å². The SMILES string of the molecule is COC1CCN(S(=O)(=O)c2ccc(F)cc2N)CC1. The molecule has 1 fully saturated rings. The van der Waals surface area contributed by atoms with E-state index in [1.807, 2.05) is 0 Å². The molecule has 2 rings (SSSR count). The van der Waals surface area contributed by atoms with Crippen LogP contribution in [0.15, 0.2) is 23.1 Å². The molecule has 0 radical (unpaired) electrons. The molecule has 106 valence electrons. The molecule has 0 atom stereocenters. The monoisotopic (exact) mass is 288 g/mol. The molecule has 0 bridgehead atoms. The number of benzene rings is 1. The molecule has 1 saturated heterocycles. The lowest BCUT2D eigenvalue weighted by atomic mass is 10.1. The Morgan fingerprint density at radius 3 is 2.53 bits per heavy atom. The van der Waals surface area contributed by atoms with Crippen LogP contribution in [0.5, 0.6) is 0 Å². The van der Waals surface area contributed by atoms with E-state index in [9.17, 15) is 12.8 Å². The van der Waals surface area contributed by atoms with Crippen LogP contribution in [0.25, 0.3) is 0 Å². The summed E-state index contributed by atoms with van der Waals surface area (Å²) in [5.41, 5.74) is 5.54. The quantitative estimate of drug-likeness (QED) is 0.848. The first-order chi connectivity index (χ1) is 8.95.